The summed E-state index contributed by atoms with van der Waals surface area (Å²) in [5, 5.41) is 10.5. The van der Waals surface area contributed by atoms with Crippen LogP contribution in [0.1, 0.15) is 60.4 Å². The van der Waals surface area contributed by atoms with E-state index in [1.165, 1.54) is 0 Å². The fourth-order valence-electron chi connectivity index (χ4n) is 3.98. The van der Waals surface area contributed by atoms with Crippen molar-refractivity contribution in [2.45, 2.75) is 97.2 Å². The van der Waals surface area contributed by atoms with Crippen LogP contribution in [-0.2, 0) is 63.6 Å². The van der Waals surface area contributed by atoms with E-state index in [-0.39, 0.29) is 16.7 Å². The van der Waals surface area contributed by atoms with Gasteiger partial charge >= 0.3 is 35.9 Å². The van der Waals surface area contributed by atoms with Gasteiger partial charge < -0.3 is 38.5 Å². The monoisotopic (exact) mass is 678 g/mol. The third-order valence-electron chi connectivity index (χ3n) is 5.48. The smallest absolute Gasteiger partial charge is 0.408 e. The maximum atomic E-state index is 12.5. The Morgan fingerprint density at radius 2 is 1.49 bits per heavy atom. The molecule has 6 atom stereocenters. The minimum Gasteiger partial charge on any atom is -0.467 e. The van der Waals surface area contributed by atoms with Crippen molar-refractivity contribution < 1.29 is 61.9 Å². The van der Waals surface area contributed by atoms with Gasteiger partial charge in [-0.1, -0.05) is 5.21 Å². The summed E-state index contributed by atoms with van der Waals surface area (Å²) in [5.41, 5.74) is -0.719. The number of hydrogen-bond donors (Lipinski definition) is 1. The van der Waals surface area contributed by atoms with Gasteiger partial charge in [-0.05, 0) is 36.7 Å². The first-order valence-electron chi connectivity index (χ1n) is 12.9. The molecule has 1 aliphatic heterocycles. The number of nitrogens with one attached hydrogen (secondary N) is 1. The molecule has 43 heavy (non-hydrogen) atoms. The summed E-state index contributed by atoms with van der Waals surface area (Å²) >= 11 is 3.35. The van der Waals surface area contributed by atoms with Crippen molar-refractivity contribution in [2.24, 2.45) is 0 Å². The molecule has 1 fully saturated rings. The van der Waals surface area contributed by atoms with Crippen LogP contribution in [0.25, 0.3) is 0 Å². The third-order valence-corrected chi connectivity index (χ3v) is 6.30. The van der Waals surface area contributed by atoms with Crippen LogP contribution in [-0.4, -0.2) is 101 Å². The number of ether oxygens (including phenoxy) is 7. The van der Waals surface area contributed by atoms with E-state index in [1.807, 2.05) is 0 Å². The van der Waals surface area contributed by atoms with Crippen LogP contribution in [0, 0.1) is 0 Å². The number of carbonyl (C=O) groups is 6. The number of methoxy groups -OCH3 is 1. The summed E-state index contributed by atoms with van der Waals surface area (Å²) in [6.45, 7) is 8.94. The summed E-state index contributed by atoms with van der Waals surface area (Å²) < 4.78 is 38.7. The number of halogens is 1. The third kappa shape index (κ3) is 10.5. The molecule has 240 valence electrons. The standard InChI is InChI=1S/C25H35BrN4O13/c1-11(31)38-10-17-18(39-12(2)32)19(40-13(3)33)20(41-14(4)34)22(42-17)30-21(26)15(28-29-30)9-16(23(35)37-8)27-24(36)43-25(5,6)7/h16-20,22H,9-10H2,1-8H3,(H,27,36)/t16-,17+,18-,19-,20+,22+/m0/s1. The molecule has 1 aromatic heterocycles. The number of esters is 5. The number of carbonyl (C=O) groups excluding carboxylic acids is 6. The number of alkyl carbamates (subject to hydrolysis) is 1. The molecule has 0 unspecified atom stereocenters. The van der Waals surface area contributed by atoms with Gasteiger partial charge in [0.15, 0.2) is 24.5 Å². The van der Waals surface area contributed by atoms with Crippen molar-refractivity contribution in [1.82, 2.24) is 20.3 Å². The van der Waals surface area contributed by atoms with E-state index in [0.717, 1.165) is 39.5 Å². The molecule has 1 N–H and O–H groups in total. The predicted octanol–water partition coefficient (Wildman–Crippen LogP) is 0.905. The number of aromatic nitrogens is 3. The van der Waals surface area contributed by atoms with Gasteiger partial charge in [0, 0.05) is 34.1 Å². The van der Waals surface area contributed by atoms with Crippen LogP contribution in [0.15, 0.2) is 4.60 Å². The van der Waals surface area contributed by atoms with Crippen molar-refractivity contribution in [3.8, 4) is 0 Å². The molecule has 1 aromatic rings. The van der Waals surface area contributed by atoms with Crippen molar-refractivity contribution in [3.05, 3.63) is 10.3 Å². The van der Waals surface area contributed by atoms with E-state index in [2.05, 4.69) is 31.6 Å². The van der Waals surface area contributed by atoms with Crippen LogP contribution >= 0.6 is 15.9 Å². The molecular formula is C25H35BrN4O13. The molecular weight excluding hydrogens is 644 g/mol. The minimum atomic E-state index is -1.46. The average molecular weight is 679 g/mol. The summed E-state index contributed by atoms with van der Waals surface area (Å²) in [6, 6.07) is -1.25. The number of nitrogens with zero attached hydrogens (tertiary/aromatic N) is 3. The zero-order valence-corrected chi connectivity index (χ0v) is 26.5. The molecule has 2 heterocycles. The van der Waals surface area contributed by atoms with Crippen molar-refractivity contribution >= 4 is 51.9 Å². The predicted molar refractivity (Wildman–Crippen MR) is 144 cm³/mol. The molecule has 0 aromatic carbocycles. The second kappa shape index (κ2) is 15.1. The zero-order chi connectivity index (χ0) is 32.6. The number of amides is 1. The first kappa shape index (κ1) is 35.4. The summed E-state index contributed by atoms with van der Waals surface area (Å²) in [4.78, 5) is 72.6. The Labute approximate surface area is 255 Å². The molecule has 2 rings (SSSR count). The van der Waals surface area contributed by atoms with E-state index in [0.29, 0.717) is 0 Å². The fraction of sp³-hybridized carbons (Fsp3) is 0.680. The van der Waals surface area contributed by atoms with E-state index in [1.54, 1.807) is 20.8 Å². The van der Waals surface area contributed by atoms with Gasteiger partial charge in [-0.25, -0.2) is 14.3 Å². The van der Waals surface area contributed by atoms with E-state index in [9.17, 15) is 28.8 Å². The Kier molecular flexibility index (Phi) is 12.4. The first-order chi connectivity index (χ1) is 19.9. The number of rotatable bonds is 10. The van der Waals surface area contributed by atoms with Crippen LogP contribution in [0.2, 0.25) is 0 Å². The van der Waals surface area contributed by atoms with E-state index < -0.39 is 84.8 Å². The van der Waals surface area contributed by atoms with E-state index in [4.69, 9.17) is 33.2 Å². The molecule has 1 saturated heterocycles. The fourth-order valence-corrected chi connectivity index (χ4v) is 4.50. The van der Waals surface area contributed by atoms with Gasteiger partial charge in [0.1, 0.15) is 29.0 Å². The van der Waals surface area contributed by atoms with Crippen LogP contribution in [0.3, 0.4) is 0 Å². The lowest BCUT2D eigenvalue weighted by atomic mass is 9.97. The first-order valence-corrected chi connectivity index (χ1v) is 13.7. The topological polar surface area (TPSA) is 210 Å². The Balaban J connectivity index is 2.54. The van der Waals surface area contributed by atoms with Crippen LogP contribution in [0.4, 0.5) is 4.79 Å². The van der Waals surface area contributed by atoms with Crippen LogP contribution in [0.5, 0.6) is 0 Å². The van der Waals surface area contributed by atoms with Gasteiger partial charge in [0.2, 0.25) is 0 Å². The highest BCUT2D eigenvalue weighted by molar-refractivity contribution is 9.10. The van der Waals surface area contributed by atoms with Gasteiger partial charge in [0.05, 0.1) is 12.8 Å². The Morgan fingerprint density at radius 3 is 2.00 bits per heavy atom. The highest BCUT2D eigenvalue weighted by Crippen LogP contribution is 2.36. The maximum Gasteiger partial charge on any atom is 0.408 e. The maximum absolute atomic E-state index is 12.5. The van der Waals surface area contributed by atoms with Gasteiger partial charge in [-0.15, -0.1) is 5.10 Å². The minimum absolute atomic E-state index is 0.105. The largest absolute Gasteiger partial charge is 0.467 e. The summed E-state index contributed by atoms with van der Waals surface area (Å²) in [5.74, 6) is -3.88. The second-order valence-corrected chi connectivity index (χ2v) is 11.0. The highest BCUT2D eigenvalue weighted by Gasteiger charge is 2.53. The molecule has 0 bridgehead atoms. The second-order valence-electron chi connectivity index (χ2n) is 10.3. The molecule has 0 radical (unpaired) electrons. The molecule has 1 amide bonds. The molecule has 17 nitrogen and oxygen atoms in total. The van der Waals surface area contributed by atoms with E-state index >= 15 is 0 Å². The van der Waals surface area contributed by atoms with Gasteiger partial charge in [-0.2, -0.15) is 0 Å². The number of hydrogen-bond acceptors (Lipinski definition) is 15. The van der Waals surface area contributed by atoms with Gasteiger partial charge in [-0.3, -0.25) is 19.2 Å². The summed E-state index contributed by atoms with van der Waals surface area (Å²) in [6.07, 6.45) is -8.02. The average Bonchev–Trinajstić information content (AvgIpc) is 3.22. The Bertz CT molecular complexity index is 1210. The quantitative estimate of drug-likeness (QED) is 0.269. The van der Waals surface area contributed by atoms with Crippen molar-refractivity contribution in [1.29, 1.82) is 0 Å². The van der Waals surface area contributed by atoms with Gasteiger partial charge in [0.25, 0.3) is 0 Å². The lowest BCUT2D eigenvalue weighted by Crippen LogP contribution is -2.60. The molecule has 1 aliphatic rings. The molecule has 0 aliphatic carbocycles. The Morgan fingerprint density at radius 1 is 0.930 bits per heavy atom. The highest BCUT2D eigenvalue weighted by atomic mass is 79.9. The lowest BCUT2D eigenvalue weighted by Gasteiger charge is -2.44. The lowest BCUT2D eigenvalue weighted by molar-refractivity contribution is -0.271. The molecule has 0 spiro atoms. The zero-order valence-electron chi connectivity index (χ0n) is 24.9. The molecule has 18 heteroatoms. The van der Waals surface area contributed by atoms with Crippen LogP contribution < -0.4 is 5.32 Å². The van der Waals surface area contributed by atoms with Crippen molar-refractivity contribution in [3.63, 3.8) is 0 Å². The molecule has 0 saturated carbocycles. The Hall–Kier alpha value is -3.80. The summed E-state index contributed by atoms with van der Waals surface area (Å²) in [7, 11) is 1.13. The van der Waals surface area contributed by atoms with Crippen molar-refractivity contribution in [2.75, 3.05) is 13.7 Å². The normalized spacial score (nSPS) is 22.4. The SMILES string of the molecule is COC(=O)[C@H](Cc1nnn([C@@H]2O[C@H](COC(C)=O)[C@H](OC(C)=O)[C@H](OC(C)=O)[C@H]2OC(C)=O)c1Br)NC(=O)OC(C)(C)C.